The van der Waals surface area contributed by atoms with Gasteiger partial charge in [-0.15, -0.1) is 22.7 Å². The Labute approximate surface area is 118 Å². The van der Waals surface area contributed by atoms with Gasteiger partial charge in [-0.1, -0.05) is 6.07 Å². The van der Waals surface area contributed by atoms with E-state index in [2.05, 4.69) is 4.98 Å². The van der Waals surface area contributed by atoms with Gasteiger partial charge < -0.3 is 4.74 Å². The van der Waals surface area contributed by atoms with Gasteiger partial charge >= 0.3 is 0 Å². The van der Waals surface area contributed by atoms with Crippen LogP contribution in [0.2, 0.25) is 0 Å². The van der Waals surface area contributed by atoms with Gasteiger partial charge in [-0.2, -0.15) is 0 Å². The molecule has 0 spiro atoms. The molecule has 1 aromatic carbocycles. The second-order valence-electron chi connectivity index (χ2n) is 3.86. The molecule has 2 aromatic heterocycles. The minimum absolute atomic E-state index is 0.248. The lowest BCUT2D eigenvalue weighted by atomic mass is 10.1. The standard InChI is InChI=1S/C14H10FNOS2/c1-17-12-5-4-9(7-10(12)15)11-8-19-14(16-11)13-3-2-6-18-13/h2-8H,1H3. The van der Waals surface area contributed by atoms with Gasteiger partial charge in [0.1, 0.15) is 5.01 Å². The van der Waals surface area contributed by atoms with E-state index in [-0.39, 0.29) is 11.6 Å². The molecule has 0 N–H and O–H groups in total. The third-order valence-electron chi connectivity index (χ3n) is 2.68. The van der Waals surface area contributed by atoms with E-state index in [4.69, 9.17) is 4.74 Å². The Morgan fingerprint density at radius 2 is 2.11 bits per heavy atom. The second-order valence-corrected chi connectivity index (χ2v) is 5.67. The van der Waals surface area contributed by atoms with Gasteiger partial charge in [-0.25, -0.2) is 9.37 Å². The minimum Gasteiger partial charge on any atom is -0.494 e. The van der Waals surface area contributed by atoms with Crippen molar-refractivity contribution in [2.45, 2.75) is 0 Å². The summed E-state index contributed by atoms with van der Waals surface area (Å²) in [5, 5.41) is 4.92. The van der Waals surface area contributed by atoms with Crippen molar-refractivity contribution in [1.82, 2.24) is 4.98 Å². The first-order valence-corrected chi connectivity index (χ1v) is 7.37. The Bertz CT molecular complexity index is 691. The Kier molecular flexibility index (Phi) is 3.31. The van der Waals surface area contributed by atoms with E-state index in [0.29, 0.717) is 0 Å². The fourth-order valence-electron chi connectivity index (χ4n) is 1.75. The summed E-state index contributed by atoms with van der Waals surface area (Å²) in [4.78, 5) is 5.67. The Morgan fingerprint density at radius 3 is 2.79 bits per heavy atom. The summed E-state index contributed by atoms with van der Waals surface area (Å²) < 4.78 is 18.6. The molecule has 0 aliphatic carbocycles. The molecular formula is C14H10FNOS2. The van der Waals surface area contributed by atoms with Crippen molar-refractivity contribution in [2.75, 3.05) is 7.11 Å². The normalized spacial score (nSPS) is 10.6. The van der Waals surface area contributed by atoms with Gasteiger partial charge in [0.2, 0.25) is 0 Å². The van der Waals surface area contributed by atoms with Crippen LogP contribution in [0.15, 0.2) is 41.1 Å². The Hall–Kier alpha value is -1.72. The molecule has 0 aliphatic rings. The molecule has 0 atom stereocenters. The number of hydrogen-bond donors (Lipinski definition) is 0. The maximum atomic E-state index is 13.7. The highest BCUT2D eigenvalue weighted by atomic mass is 32.1. The molecule has 2 heterocycles. The number of hydrogen-bond acceptors (Lipinski definition) is 4. The van der Waals surface area contributed by atoms with Gasteiger partial charge in [0.05, 0.1) is 17.7 Å². The molecule has 2 nitrogen and oxygen atoms in total. The van der Waals surface area contributed by atoms with Crippen LogP contribution in [0.5, 0.6) is 5.75 Å². The monoisotopic (exact) mass is 291 g/mol. The maximum Gasteiger partial charge on any atom is 0.165 e. The average Bonchev–Trinajstić information content (AvgIpc) is 3.09. The lowest BCUT2D eigenvalue weighted by molar-refractivity contribution is 0.386. The van der Waals surface area contributed by atoms with E-state index in [9.17, 15) is 4.39 Å². The van der Waals surface area contributed by atoms with Crippen molar-refractivity contribution < 1.29 is 9.13 Å². The van der Waals surface area contributed by atoms with Crippen LogP contribution in [0.1, 0.15) is 0 Å². The predicted octanol–water partition coefficient (Wildman–Crippen LogP) is 4.69. The summed E-state index contributed by atoms with van der Waals surface area (Å²) >= 11 is 3.21. The SMILES string of the molecule is COc1ccc(-c2csc(-c3cccs3)n2)cc1F. The lowest BCUT2D eigenvalue weighted by Gasteiger charge is -2.02. The summed E-state index contributed by atoms with van der Waals surface area (Å²) in [5.41, 5.74) is 1.55. The van der Waals surface area contributed by atoms with Gasteiger partial charge in [0.15, 0.2) is 11.6 Å². The van der Waals surface area contributed by atoms with Crippen LogP contribution in [-0.4, -0.2) is 12.1 Å². The van der Waals surface area contributed by atoms with Crippen LogP contribution in [0.3, 0.4) is 0 Å². The zero-order valence-electron chi connectivity index (χ0n) is 10.1. The van der Waals surface area contributed by atoms with Crippen LogP contribution < -0.4 is 4.74 Å². The van der Waals surface area contributed by atoms with Crippen LogP contribution in [0, 0.1) is 5.82 Å². The van der Waals surface area contributed by atoms with E-state index in [1.807, 2.05) is 29.0 Å². The summed E-state index contributed by atoms with van der Waals surface area (Å²) in [6.07, 6.45) is 0. The molecule has 0 unspecified atom stereocenters. The molecule has 0 bridgehead atoms. The lowest BCUT2D eigenvalue weighted by Crippen LogP contribution is -1.88. The highest BCUT2D eigenvalue weighted by Gasteiger charge is 2.10. The first kappa shape index (κ1) is 12.3. The molecular weight excluding hydrogens is 281 g/mol. The first-order chi connectivity index (χ1) is 9.28. The largest absolute Gasteiger partial charge is 0.494 e. The van der Waals surface area contributed by atoms with Crippen molar-refractivity contribution >= 4 is 22.7 Å². The fourth-order valence-corrected chi connectivity index (χ4v) is 3.39. The number of benzene rings is 1. The van der Waals surface area contributed by atoms with Crippen molar-refractivity contribution in [3.63, 3.8) is 0 Å². The van der Waals surface area contributed by atoms with E-state index >= 15 is 0 Å². The molecule has 0 fully saturated rings. The molecule has 0 amide bonds. The van der Waals surface area contributed by atoms with Gasteiger partial charge in [-0.05, 0) is 29.6 Å². The summed E-state index contributed by atoms with van der Waals surface area (Å²) in [6, 6.07) is 8.91. The van der Waals surface area contributed by atoms with Gasteiger partial charge in [0, 0.05) is 10.9 Å². The topological polar surface area (TPSA) is 22.1 Å². The summed E-state index contributed by atoms with van der Waals surface area (Å²) in [6.45, 7) is 0. The van der Waals surface area contributed by atoms with E-state index in [1.54, 1.807) is 28.7 Å². The molecule has 0 saturated carbocycles. The highest BCUT2D eigenvalue weighted by molar-refractivity contribution is 7.20. The second kappa shape index (κ2) is 5.11. The number of nitrogens with zero attached hydrogens (tertiary/aromatic N) is 1. The van der Waals surface area contributed by atoms with Gasteiger partial charge in [-0.3, -0.25) is 0 Å². The van der Waals surface area contributed by atoms with E-state index < -0.39 is 0 Å². The number of rotatable bonds is 3. The molecule has 96 valence electrons. The Balaban J connectivity index is 1.97. The quantitative estimate of drug-likeness (QED) is 0.698. The third kappa shape index (κ3) is 2.39. The van der Waals surface area contributed by atoms with Crippen molar-refractivity contribution in [2.24, 2.45) is 0 Å². The maximum absolute atomic E-state index is 13.7. The zero-order valence-corrected chi connectivity index (χ0v) is 11.7. The minimum atomic E-state index is -0.370. The summed E-state index contributed by atoms with van der Waals surface area (Å²) in [7, 11) is 1.45. The van der Waals surface area contributed by atoms with E-state index in [1.165, 1.54) is 13.2 Å². The predicted molar refractivity (Wildman–Crippen MR) is 77.4 cm³/mol. The molecule has 3 rings (SSSR count). The van der Waals surface area contributed by atoms with Crippen molar-refractivity contribution in [3.8, 4) is 26.9 Å². The van der Waals surface area contributed by atoms with Crippen LogP contribution in [-0.2, 0) is 0 Å². The molecule has 19 heavy (non-hydrogen) atoms. The van der Waals surface area contributed by atoms with Crippen LogP contribution >= 0.6 is 22.7 Å². The van der Waals surface area contributed by atoms with Crippen LogP contribution in [0.25, 0.3) is 21.1 Å². The molecule has 0 aliphatic heterocycles. The van der Waals surface area contributed by atoms with E-state index in [0.717, 1.165) is 21.1 Å². The van der Waals surface area contributed by atoms with Crippen molar-refractivity contribution in [3.05, 3.63) is 46.9 Å². The zero-order chi connectivity index (χ0) is 13.2. The molecule has 3 aromatic rings. The van der Waals surface area contributed by atoms with Crippen LogP contribution in [0.4, 0.5) is 4.39 Å². The smallest absolute Gasteiger partial charge is 0.165 e. The fraction of sp³-hybridized carbons (Fsp3) is 0.0714. The molecule has 0 saturated heterocycles. The third-order valence-corrected chi connectivity index (χ3v) is 4.57. The number of thiazole rings is 1. The highest BCUT2D eigenvalue weighted by Crippen LogP contribution is 2.32. The number of aromatic nitrogens is 1. The summed E-state index contributed by atoms with van der Waals surface area (Å²) in [5.74, 6) is -0.122. The van der Waals surface area contributed by atoms with Crippen molar-refractivity contribution in [1.29, 1.82) is 0 Å². The molecule has 0 radical (unpaired) electrons. The Morgan fingerprint density at radius 1 is 1.21 bits per heavy atom. The number of thiophene rings is 1. The average molecular weight is 291 g/mol. The number of halogens is 1. The molecule has 5 heteroatoms. The first-order valence-electron chi connectivity index (χ1n) is 5.61. The van der Waals surface area contributed by atoms with Gasteiger partial charge in [0.25, 0.3) is 0 Å². The number of methoxy groups -OCH3 is 1. The number of ether oxygens (including phenoxy) is 1.